The Bertz CT molecular complexity index is 772. The monoisotopic (exact) mass is 320 g/mol. The van der Waals surface area contributed by atoms with Crippen molar-refractivity contribution in [3.63, 3.8) is 0 Å². The molecule has 1 aromatic carbocycles. The van der Waals surface area contributed by atoms with Crippen molar-refractivity contribution in [3.05, 3.63) is 46.8 Å². The van der Waals surface area contributed by atoms with Gasteiger partial charge >= 0.3 is 0 Å². The van der Waals surface area contributed by atoms with Gasteiger partial charge in [0.15, 0.2) is 11.6 Å². The van der Waals surface area contributed by atoms with Gasteiger partial charge in [-0.1, -0.05) is 6.07 Å². The summed E-state index contributed by atoms with van der Waals surface area (Å²) in [6.45, 7) is 3.19. The Kier molecular flexibility index (Phi) is 3.84. The first-order chi connectivity index (χ1) is 9.20. The zero-order valence-corrected chi connectivity index (χ0v) is 12.3. The van der Waals surface area contributed by atoms with Crippen LogP contribution in [0.1, 0.15) is 17.0 Å². The van der Waals surface area contributed by atoms with E-state index < -0.39 is 20.7 Å². The Hall–Kier alpha value is -1.47. The highest BCUT2D eigenvalue weighted by atomic mass is 35.7. The van der Waals surface area contributed by atoms with Crippen LogP contribution in [0.5, 0.6) is 0 Å². The van der Waals surface area contributed by atoms with Gasteiger partial charge in [0.05, 0.1) is 17.9 Å². The van der Waals surface area contributed by atoms with E-state index in [0.717, 1.165) is 12.1 Å². The first kappa shape index (κ1) is 14.9. The third-order valence-corrected chi connectivity index (χ3v) is 4.42. The Morgan fingerprint density at radius 1 is 1.25 bits per heavy atom. The van der Waals surface area contributed by atoms with E-state index in [1.54, 1.807) is 6.92 Å². The molecule has 1 heterocycles. The molecule has 0 saturated heterocycles. The molecule has 0 aliphatic carbocycles. The molecule has 4 nitrogen and oxygen atoms in total. The number of aryl methyl sites for hydroxylation is 1. The fraction of sp³-hybridized carbons (Fsp3) is 0.250. The molecule has 0 bridgehead atoms. The number of hydrogen-bond donors (Lipinski definition) is 0. The van der Waals surface area contributed by atoms with Gasteiger partial charge in [0.25, 0.3) is 9.05 Å². The average molecular weight is 321 g/mol. The molecule has 2 aromatic rings. The van der Waals surface area contributed by atoms with E-state index in [1.807, 2.05) is 0 Å². The molecule has 0 spiro atoms. The third kappa shape index (κ3) is 2.83. The number of rotatable bonds is 3. The number of hydrogen-bond acceptors (Lipinski definition) is 3. The van der Waals surface area contributed by atoms with Crippen LogP contribution >= 0.6 is 10.7 Å². The van der Waals surface area contributed by atoms with Crippen LogP contribution in [0.3, 0.4) is 0 Å². The standard InChI is InChI=1S/C12H11ClF2N2O2S/c1-7-12(20(13,18)19)8(2)17(16-7)6-9-3-4-10(14)11(15)5-9/h3-5H,6H2,1-2H3. The van der Waals surface area contributed by atoms with E-state index in [1.165, 1.54) is 17.7 Å². The molecule has 0 amide bonds. The normalized spacial score (nSPS) is 11.8. The first-order valence-electron chi connectivity index (χ1n) is 5.62. The molecule has 0 N–H and O–H groups in total. The van der Waals surface area contributed by atoms with Crippen LogP contribution in [0.4, 0.5) is 8.78 Å². The Labute approximate surface area is 119 Å². The van der Waals surface area contributed by atoms with Crippen molar-refractivity contribution in [1.29, 1.82) is 0 Å². The van der Waals surface area contributed by atoms with Gasteiger partial charge < -0.3 is 0 Å². The highest BCUT2D eigenvalue weighted by Gasteiger charge is 2.22. The summed E-state index contributed by atoms with van der Waals surface area (Å²) in [7, 11) is 1.45. The molecule has 0 radical (unpaired) electrons. The summed E-state index contributed by atoms with van der Waals surface area (Å²) in [6, 6.07) is 3.46. The smallest absolute Gasteiger partial charge is 0.264 e. The van der Waals surface area contributed by atoms with E-state index in [-0.39, 0.29) is 17.1 Å². The second kappa shape index (κ2) is 5.14. The van der Waals surface area contributed by atoms with Crippen molar-refractivity contribution in [2.45, 2.75) is 25.3 Å². The summed E-state index contributed by atoms with van der Waals surface area (Å²) >= 11 is 0. The molecule has 0 fully saturated rings. The van der Waals surface area contributed by atoms with Crippen LogP contribution in [0.15, 0.2) is 23.1 Å². The summed E-state index contributed by atoms with van der Waals surface area (Å²) in [5.41, 5.74) is 1.08. The first-order valence-corrected chi connectivity index (χ1v) is 7.93. The molecular formula is C12H11ClF2N2O2S. The summed E-state index contributed by atoms with van der Waals surface area (Å²) < 4.78 is 50.3. The molecule has 20 heavy (non-hydrogen) atoms. The fourth-order valence-corrected chi connectivity index (χ4v) is 3.52. The van der Waals surface area contributed by atoms with Crippen molar-refractivity contribution in [2.24, 2.45) is 0 Å². The van der Waals surface area contributed by atoms with Crippen LogP contribution in [0.25, 0.3) is 0 Å². The minimum atomic E-state index is -3.90. The number of benzene rings is 1. The van der Waals surface area contributed by atoms with Crippen LogP contribution in [0.2, 0.25) is 0 Å². The zero-order chi connectivity index (χ0) is 15.1. The maximum Gasteiger partial charge on any atom is 0.264 e. The second-order valence-corrected chi connectivity index (χ2v) is 6.85. The van der Waals surface area contributed by atoms with Crippen molar-refractivity contribution in [2.75, 3.05) is 0 Å². The third-order valence-electron chi connectivity index (χ3n) is 2.88. The molecular weight excluding hydrogens is 310 g/mol. The van der Waals surface area contributed by atoms with E-state index >= 15 is 0 Å². The van der Waals surface area contributed by atoms with Gasteiger partial charge in [-0.15, -0.1) is 0 Å². The van der Waals surface area contributed by atoms with Gasteiger partial charge in [-0.05, 0) is 31.5 Å². The van der Waals surface area contributed by atoms with Crippen molar-refractivity contribution >= 4 is 19.7 Å². The molecule has 108 valence electrons. The predicted molar refractivity (Wildman–Crippen MR) is 70.2 cm³/mol. The fourth-order valence-electron chi connectivity index (χ4n) is 2.00. The predicted octanol–water partition coefficient (Wildman–Crippen LogP) is 2.75. The molecule has 0 atom stereocenters. The van der Waals surface area contributed by atoms with E-state index in [2.05, 4.69) is 5.10 Å². The van der Waals surface area contributed by atoms with Crippen molar-refractivity contribution < 1.29 is 17.2 Å². The van der Waals surface area contributed by atoms with Crippen LogP contribution < -0.4 is 0 Å². The molecule has 0 aliphatic rings. The lowest BCUT2D eigenvalue weighted by Gasteiger charge is -2.05. The summed E-state index contributed by atoms with van der Waals surface area (Å²) in [6.07, 6.45) is 0. The van der Waals surface area contributed by atoms with E-state index in [0.29, 0.717) is 11.3 Å². The molecule has 2 rings (SSSR count). The summed E-state index contributed by atoms with van der Waals surface area (Å²) in [4.78, 5) is -0.0539. The minimum Gasteiger partial charge on any atom is -0.264 e. The Balaban J connectivity index is 2.43. The minimum absolute atomic E-state index is 0.0539. The van der Waals surface area contributed by atoms with Crippen molar-refractivity contribution in [3.8, 4) is 0 Å². The van der Waals surface area contributed by atoms with E-state index in [4.69, 9.17) is 10.7 Å². The van der Waals surface area contributed by atoms with Gasteiger partial charge in [0, 0.05) is 10.7 Å². The zero-order valence-electron chi connectivity index (χ0n) is 10.7. The van der Waals surface area contributed by atoms with E-state index in [9.17, 15) is 17.2 Å². The molecule has 8 heteroatoms. The van der Waals surface area contributed by atoms with Gasteiger partial charge in [0.1, 0.15) is 4.90 Å². The molecule has 0 saturated carbocycles. The van der Waals surface area contributed by atoms with Crippen LogP contribution in [-0.4, -0.2) is 18.2 Å². The SMILES string of the molecule is Cc1nn(Cc2ccc(F)c(F)c2)c(C)c1S(=O)(=O)Cl. The number of aromatic nitrogens is 2. The highest BCUT2D eigenvalue weighted by molar-refractivity contribution is 8.13. The summed E-state index contributed by atoms with van der Waals surface area (Å²) in [5.74, 6) is -1.90. The molecule has 1 aromatic heterocycles. The lowest BCUT2D eigenvalue weighted by Crippen LogP contribution is -2.05. The molecule has 0 aliphatic heterocycles. The lowest BCUT2D eigenvalue weighted by atomic mass is 10.2. The van der Waals surface area contributed by atoms with Gasteiger partial charge in [-0.2, -0.15) is 5.10 Å². The highest BCUT2D eigenvalue weighted by Crippen LogP contribution is 2.23. The maximum atomic E-state index is 13.1. The van der Waals surface area contributed by atoms with Crippen LogP contribution in [-0.2, 0) is 15.6 Å². The number of halogens is 3. The molecule has 0 unspecified atom stereocenters. The quantitative estimate of drug-likeness (QED) is 0.817. The summed E-state index contributed by atoms with van der Waals surface area (Å²) in [5, 5.41) is 4.06. The van der Waals surface area contributed by atoms with Crippen LogP contribution in [0, 0.1) is 25.5 Å². The Morgan fingerprint density at radius 3 is 2.40 bits per heavy atom. The second-order valence-electron chi connectivity index (χ2n) is 4.34. The average Bonchev–Trinajstić information content (AvgIpc) is 2.58. The lowest BCUT2D eigenvalue weighted by molar-refractivity contribution is 0.505. The van der Waals surface area contributed by atoms with Gasteiger partial charge in [-0.25, -0.2) is 17.2 Å². The maximum absolute atomic E-state index is 13.1. The topological polar surface area (TPSA) is 52.0 Å². The number of nitrogens with zero attached hydrogens (tertiary/aromatic N) is 2. The van der Waals surface area contributed by atoms with Gasteiger partial charge in [0.2, 0.25) is 0 Å². The largest absolute Gasteiger partial charge is 0.264 e. The van der Waals surface area contributed by atoms with Gasteiger partial charge in [-0.3, -0.25) is 4.68 Å². The Morgan fingerprint density at radius 2 is 1.90 bits per heavy atom. The van der Waals surface area contributed by atoms with Crippen molar-refractivity contribution in [1.82, 2.24) is 9.78 Å².